The molecule has 0 aromatic rings. The van der Waals surface area contributed by atoms with Crippen LogP contribution in [-0.4, -0.2) is 63.7 Å². The Balaban J connectivity index is 2.34. The molecule has 7 heteroatoms. The first kappa shape index (κ1) is 16.3. The molecule has 1 heterocycles. The van der Waals surface area contributed by atoms with Crippen LogP contribution < -0.4 is 0 Å². The van der Waals surface area contributed by atoms with Crippen molar-refractivity contribution in [1.82, 2.24) is 0 Å². The van der Waals surface area contributed by atoms with E-state index in [9.17, 15) is 25.2 Å². The summed E-state index contributed by atoms with van der Waals surface area (Å²) in [7, 11) is 0. The third-order valence-electron chi connectivity index (χ3n) is 3.08. The van der Waals surface area contributed by atoms with E-state index in [1.54, 1.807) is 0 Å². The van der Waals surface area contributed by atoms with Gasteiger partial charge in [0.05, 0.1) is 0 Å². The SMILES string of the molecule is CCCCCC(=O)OC[C@H]1O[C@H](O)[C@H](O)[C@@H](O)[C@@H]1O. The zero-order valence-electron chi connectivity index (χ0n) is 10.9. The molecule has 0 aliphatic carbocycles. The van der Waals surface area contributed by atoms with E-state index in [0.29, 0.717) is 0 Å². The fourth-order valence-corrected chi connectivity index (χ4v) is 1.84. The normalized spacial score (nSPS) is 35.1. The fraction of sp³-hybridized carbons (Fsp3) is 0.917. The average Bonchev–Trinajstić information content (AvgIpc) is 2.39. The lowest BCUT2D eigenvalue weighted by molar-refractivity contribution is -0.287. The molecule has 5 atom stereocenters. The summed E-state index contributed by atoms with van der Waals surface area (Å²) < 4.78 is 9.78. The van der Waals surface area contributed by atoms with Gasteiger partial charge in [-0.15, -0.1) is 0 Å². The van der Waals surface area contributed by atoms with Gasteiger partial charge < -0.3 is 29.9 Å². The van der Waals surface area contributed by atoms with E-state index in [0.717, 1.165) is 19.3 Å². The third-order valence-corrected chi connectivity index (χ3v) is 3.08. The molecular formula is C12H22O7. The lowest BCUT2D eigenvalue weighted by Crippen LogP contribution is -2.58. The second-order valence-corrected chi connectivity index (χ2v) is 4.68. The van der Waals surface area contributed by atoms with E-state index >= 15 is 0 Å². The molecule has 0 bridgehead atoms. The van der Waals surface area contributed by atoms with E-state index in [4.69, 9.17) is 9.47 Å². The number of aliphatic hydroxyl groups excluding tert-OH is 4. The number of aliphatic hydroxyl groups is 4. The average molecular weight is 278 g/mol. The minimum atomic E-state index is -1.61. The highest BCUT2D eigenvalue weighted by atomic mass is 16.6. The predicted molar refractivity (Wildman–Crippen MR) is 64.0 cm³/mol. The smallest absolute Gasteiger partial charge is 0.305 e. The number of hydrogen-bond acceptors (Lipinski definition) is 7. The first-order chi connectivity index (χ1) is 8.97. The van der Waals surface area contributed by atoms with Crippen molar-refractivity contribution in [3.63, 3.8) is 0 Å². The van der Waals surface area contributed by atoms with Gasteiger partial charge in [-0.1, -0.05) is 19.8 Å². The maximum absolute atomic E-state index is 11.4. The number of esters is 1. The summed E-state index contributed by atoms with van der Waals surface area (Å²) >= 11 is 0. The molecule has 0 saturated carbocycles. The molecule has 1 saturated heterocycles. The molecule has 1 rings (SSSR count). The molecule has 1 fully saturated rings. The highest BCUT2D eigenvalue weighted by Crippen LogP contribution is 2.20. The summed E-state index contributed by atoms with van der Waals surface area (Å²) in [5, 5.41) is 37.6. The third kappa shape index (κ3) is 4.70. The van der Waals surface area contributed by atoms with Gasteiger partial charge in [0.25, 0.3) is 0 Å². The molecule has 0 radical (unpaired) electrons. The number of ether oxygens (including phenoxy) is 2. The summed E-state index contributed by atoms with van der Waals surface area (Å²) in [6.07, 6.45) is -4.25. The van der Waals surface area contributed by atoms with Crippen LogP contribution in [0.1, 0.15) is 32.6 Å². The molecule has 1 aliphatic heterocycles. The van der Waals surface area contributed by atoms with Gasteiger partial charge in [0.1, 0.15) is 31.0 Å². The quantitative estimate of drug-likeness (QED) is 0.360. The minimum Gasteiger partial charge on any atom is -0.463 e. The van der Waals surface area contributed by atoms with Crippen molar-refractivity contribution < 1.29 is 34.7 Å². The van der Waals surface area contributed by atoms with Gasteiger partial charge in [-0.3, -0.25) is 4.79 Å². The van der Waals surface area contributed by atoms with E-state index in [-0.39, 0.29) is 13.0 Å². The zero-order valence-corrected chi connectivity index (χ0v) is 10.9. The molecule has 1 aliphatic rings. The van der Waals surface area contributed by atoms with Crippen LogP contribution in [0.25, 0.3) is 0 Å². The standard InChI is InChI=1S/C12H22O7/c1-2-3-4-5-8(13)18-6-7-9(14)10(15)11(16)12(17)19-7/h7,9-12,14-17H,2-6H2,1H3/t7-,9-,10+,11-,12+/m1/s1. The maximum atomic E-state index is 11.4. The molecule has 19 heavy (non-hydrogen) atoms. The zero-order chi connectivity index (χ0) is 14.4. The Labute approximate surface area is 111 Å². The van der Waals surface area contributed by atoms with Crippen molar-refractivity contribution in [3.05, 3.63) is 0 Å². The van der Waals surface area contributed by atoms with Gasteiger partial charge in [0, 0.05) is 6.42 Å². The summed E-state index contributed by atoms with van der Waals surface area (Å²) in [5.41, 5.74) is 0. The second-order valence-electron chi connectivity index (χ2n) is 4.68. The van der Waals surface area contributed by atoms with Crippen molar-refractivity contribution in [2.75, 3.05) is 6.61 Å². The van der Waals surface area contributed by atoms with Gasteiger partial charge in [-0.2, -0.15) is 0 Å². The number of unbranched alkanes of at least 4 members (excludes halogenated alkanes) is 2. The Morgan fingerprint density at radius 1 is 1.11 bits per heavy atom. The van der Waals surface area contributed by atoms with Crippen LogP contribution in [-0.2, 0) is 14.3 Å². The molecular weight excluding hydrogens is 256 g/mol. The summed E-state index contributed by atoms with van der Waals surface area (Å²) in [4.78, 5) is 11.4. The summed E-state index contributed by atoms with van der Waals surface area (Å²) in [6, 6.07) is 0. The molecule has 0 spiro atoms. The van der Waals surface area contributed by atoms with Gasteiger partial charge in [0.15, 0.2) is 6.29 Å². The fourth-order valence-electron chi connectivity index (χ4n) is 1.84. The van der Waals surface area contributed by atoms with E-state index in [1.807, 2.05) is 6.92 Å². The molecule has 4 N–H and O–H groups in total. The lowest BCUT2D eigenvalue weighted by Gasteiger charge is -2.37. The van der Waals surface area contributed by atoms with Crippen LogP contribution in [0.2, 0.25) is 0 Å². The lowest BCUT2D eigenvalue weighted by atomic mass is 9.99. The maximum Gasteiger partial charge on any atom is 0.305 e. The van der Waals surface area contributed by atoms with Gasteiger partial charge in [-0.05, 0) is 6.42 Å². The van der Waals surface area contributed by atoms with Crippen LogP contribution >= 0.6 is 0 Å². The van der Waals surface area contributed by atoms with Crippen LogP contribution in [0.4, 0.5) is 0 Å². The van der Waals surface area contributed by atoms with Crippen molar-refractivity contribution in [2.24, 2.45) is 0 Å². The van der Waals surface area contributed by atoms with Crippen molar-refractivity contribution in [3.8, 4) is 0 Å². The predicted octanol–water partition coefficient (Wildman–Crippen LogP) is -1.09. The molecule has 0 unspecified atom stereocenters. The molecule has 0 aromatic heterocycles. The number of carbonyl (C=O) groups is 1. The number of rotatable bonds is 6. The first-order valence-corrected chi connectivity index (χ1v) is 6.50. The summed E-state index contributed by atoms with van der Waals surface area (Å²) in [5.74, 6) is -0.417. The van der Waals surface area contributed by atoms with E-state index in [2.05, 4.69) is 0 Å². The van der Waals surface area contributed by atoms with Crippen LogP contribution in [0.3, 0.4) is 0 Å². The topological polar surface area (TPSA) is 116 Å². The second kappa shape index (κ2) is 7.76. The Kier molecular flexibility index (Phi) is 6.67. The molecule has 7 nitrogen and oxygen atoms in total. The Bertz CT molecular complexity index is 283. The van der Waals surface area contributed by atoms with E-state index in [1.165, 1.54) is 0 Å². The van der Waals surface area contributed by atoms with Crippen molar-refractivity contribution in [2.45, 2.75) is 63.3 Å². The number of carbonyl (C=O) groups excluding carboxylic acids is 1. The van der Waals surface area contributed by atoms with Crippen molar-refractivity contribution >= 4 is 5.97 Å². The Morgan fingerprint density at radius 2 is 1.79 bits per heavy atom. The first-order valence-electron chi connectivity index (χ1n) is 6.50. The highest BCUT2D eigenvalue weighted by molar-refractivity contribution is 5.69. The monoisotopic (exact) mass is 278 g/mol. The summed E-state index contributed by atoms with van der Waals surface area (Å²) in [6.45, 7) is 1.75. The van der Waals surface area contributed by atoms with Gasteiger partial charge in [0.2, 0.25) is 0 Å². The van der Waals surface area contributed by atoms with Gasteiger partial charge in [-0.25, -0.2) is 0 Å². The highest BCUT2D eigenvalue weighted by Gasteiger charge is 2.43. The number of hydrogen-bond donors (Lipinski definition) is 4. The minimum absolute atomic E-state index is 0.271. The Hall–Kier alpha value is -0.730. The van der Waals surface area contributed by atoms with Crippen LogP contribution in [0.5, 0.6) is 0 Å². The molecule has 112 valence electrons. The van der Waals surface area contributed by atoms with Crippen LogP contribution in [0, 0.1) is 0 Å². The largest absolute Gasteiger partial charge is 0.463 e. The van der Waals surface area contributed by atoms with Crippen molar-refractivity contribution in [1.29, 1.82) is 0 Å². The molecule has 0 amide bonds. The van der Waals surface area contributed by atoms with E-state index < -0.39 is 36.7 Å². The van der Waals surface area contributed by atoms with Gasteiger partial charge >= 0.3 is 5.97 Å². The molecule has 0 aromatic carbocycles. The van der Waals surface area contributed by atoms with Crippen LogP contribution in [0.15, 0.2) is 0 Å². The Morgan fingerprint density at radius 3 is 2.42 bits per heavy atom.